The first kappa shape index (κ1) is 10.6. The largest absolute Gasteiger partial charge is 0.378 e. The topological polar surface area (TPSA) is 12.5 Å². The van der Waals surface area contributed by atoms with Crippen molar-refractivity contribution in [2.45, 2.75) is 6.92 Å². The molecule has 2 aromatic carbocycles. The van der Waals surface area contributed by atoms with Crippen LogP contribution in [0.1, 0.15) is 5.56 Å². The second kappa shape index (κ2) is 4.38. The van der Waals surface area contributed by atoms with E-state index in [4.69, 9.17) is 4.74 Å². The quantitative estimate of drug-likeness (QED) is 0.742. The molecule has 17 heavy (non-hydrogen) atoms. The van der Waals surface area contributed by atoms with Crippen LogP contribution < -0.4 is 4.90 Å². The number of rotatable bonds is 1. The van der Waals surface area contributed by atoms with Crippen molar-refractivity contribution in [3.63, 3.8) is 0 Å². The van der Waals surface area contributed by atoms with Crippen LogP contribution >= 0.6 is 0 Å². The van der Waals surface area contributed by atoms with Gasteiger partial charge in [0.15, 0.2) is 0 Å². The van der Waals surface area contributed by atoms with Crippen molar-refractivity contribution in [2.75, 3.05) is 31.2 Å². The Hall–Kier alpha value is -1.54. The van der Waals surface area contributed by atoms with E-state index < -0.39 is 0 Å². The zero-order chi connectivity index (χ0) is 11.7. The molecule has 2 heteroatoms. The highest BCUT2D eigenvalue weighted by Crippen LogP contribution is 2.23. The molecule has 0 atom stereocenters. The van der Waals surface area contributed by atoms with Crippen molar-refractivity contribution in [1.82, 2.24) is 0 Å². The van der Waals surface area contributed by atoms with E-state index in [2.05, 4.69) is 48.2 Å². The minimum absolute atomic E-state index is 0.839. The van der Waals surface area contributed by atoms with Crippen LogP contribution in [-0.4, -0.2) is 26.3 Å². The Kier molecular flexibility index (Phi) is 2.73. The summed E-state index contributed by atoms with van der Waals surface area (Å²) in [7, 11) is 0. The number of anilines is 1. The Morgan fingerprint density at radius 2 is 1.71 bits per heavy atom. The van der Waals surface area contributed by atoms with Gasteiger partial charge in [0.2, 0.25) is 0 Å². The normalized spacial score (nSPS) is 16.4. The predicted octanol–water partition coefficient (Wildman–Crippen LogP) is 2.98. The maximum absolute atomic E-state index is 5.39. The lowest BCUT2D eigenvalue weighted by Gasteiger charge is -2.29. The third-order valence-electron chi connectivity index (χ3n) is 3.36. The van der Waals surface area contributed by atoms with E-state index in [1.54, 1.807) is 0 Å². The van der Waals surface area contributed by atoms with Crippen molar-refractivity contribution in [3.05, 3.63) is 42.0 Å². The molecule has 1 fully saturated rings. The third-order valence-corrected chi connectivity index (χ3v) is 3.36. The maximum atomic E-state index is 5.39. The molecule has 2 aromatic rings. The van der Waals surface area contributed by atoms with Gasteiger partial charge < -0.3 is 9.64 Å². The molecule has 0 saturated carbocycles. The van der Waals surface area contributed by atoms with Crippen LogP contribution in [0.2, 0.25) is 0 Å². The highest BCUT2D eigenvalue weighted by Gasteiger charge is 2.11. The standard InChI is InChI=1S/C15H17NO/c1-12-2-3-13-4-5-15(11-14(13)10-12)16-6-8-17-9-7-16/h2-5,10-11H,6-9H2,1H3. The SMILES string of the molecule is Cc1ccc2ccc(N3CCOCC3)cc2c1. The number of hydrogen-bond donors (Lipinski definition) is 0. The molecule has 0 aromatic heterocycles. The zero-order valence-corrected chi connectivity index (χ0v) is 10.1. The maximum Gasteiger partial charge on any atom is 0.0642 e. The van der Waals surface area contributed by atoms with Gasteiger partial charge in [-0.2, -0.15) is 0 Å². The summed E-state index contributed by atoms with van der Waals surface area (Å²) in [6, 6.07) is 13.3. The van der Waals surface area contributed by atoms with Crippen LogP contribution in [-0.2, 0) is 4.74 Å². The van der Waals surface area contributed by atoms with Gasteiger partial charge in [-0.1, -0.05) is 29.8 Å². The van der Waals surface area contributed by atoms with Gasteiger partial charge in [-0.25, -0.2) is 0 Å². The highest BCUT2D eigenvalue weighted by molar-refractivity contribution is 5.86. The first-order valence-electron chi connectivity index (χ1n) is 6.16. The summed E-state index contributed by atoms with van der Waals surface area (Å²) in [6.45, 7) is 5.81. The first-order valence-corrected chi connectivity index (χ1v) is 6.16. The van der Waals surface area contributed by atoms with E-state index in [0.29, 0.717) is 0 Å². The fourth-order valence-corrected chi connectivity index (χ4v) is 2.37. The fraction of sp³-hybridized carbons (Fsp3) is 0.333. The molecule has 1 aliphatic heterocycles. The number of aryl methyl sites for hydroxylation is 1. The van der Waals surface area contributed by atoms with Crippen molar-refractivity contribution in [1.29, 1.82) is 0 Å². The molecule has 0 amide bonds. The molecule has 0 spiro atoms. The minimum Gasteiger partial charge on any atom is -0.378 e. The van der Waals surface area contributed by atoms with Gasteiger partial charge in [0.1, 0.15) is 0 Å². The Bertz CT molecular complexity index is 529. The second-order valence-corrected chi connectivity index (χ2v) is 4.63. The Balaban J connectivity index is 1.99. The summed E-state index contributed by atoms with van der Waals surface area (Å²) in [4.78, 5) is 2.39. The molecule has 88 valence electrons. The highest BCUT2D eigenvalue weighted by atomic mass is 16.5. The van der Waals surface area contributed by atoms with Crippen LogP contribution in [0.3, 0.4) is 0 Å². The van der Waals surface area contributed by atoms with Gasteiger partial charge in [0.25, 0.3) is 0 Å². The summed E-state index contributed by atoms with van der Waals surface area (Å²) >= 11 is 0. The lowest BCUT2D eigenvalue weighted by molar-refractivity contribution is 0.122. The molecule has 0 bridgehead atoms. The molecule has 2 nitrogen and oxygen atoms in total. The summed E-state index contributed by atoms with van der Waals surface area (Å²) in [5.74, 6) is 0. The Morgan fingerprint density at radius 1 is 0.941 bits per heavy atom. The predicted molar refractivity (Wildman–Crippen MR) is 71.7 cm³/mol. The van der Waals surface area contributed by atoms with Gasteiger partial charge in [-0.05, 0) is 29.8 Å². The van der Waals surface area contributed by atoms with Gasteiger partial charge in [-0.3, -0.25) is 0 Å². The van der Waals surface area contributed by atoms with Crippen molar-refractivity contribution in [2.24, 2.45) is 0 Å². The van der Waals surface area contributed by atoms with Crippen molar-refractivity contribution >= 4 is 16.5 Å². The zero-order valence-electron chi connectivity index (χ0n) is 10.1. The van der Waals surface area contributed by atoms with Gasteiger partial charge in [0, 0.05) is 18.8 Å². The number of nitrogens with zero attached hydrogens (tertiary/aromatic N) is 1. The number of morpholine rings is 1. The van der Waals surface area contributed by atoms with Gasteiger partial charge >= 0.3 is 0 Å². The molecular weight excluding hydrogens is 210 g/mol. The lowest BCUT2D eigenvalue weighted by Crippen LogP contribution is -2.36. The monoisotopic (exact) mass is 227 g/mol. The van der Waals surface area contributed by atoms with E-state index in [9.17, 15) is 0 Å². The Labute approximate surface area is 102 Å². The van der Waals surface area contributed by atoms with Crippen molar-refractivity contribution in [3.8, 4) is 0 Å². The molecular formula is C15H17NO. The van der Waals surface area contributed by atoms with Crippen LogP contribution in [0.5, 0.6) is 0 Å². The third kappa shape index (κ3) is 2.13. The van der Waals surface area contributed by atoms with E-state index in [1.165, 1.54) is 22.0 Å². The number of fused-ring (bicyclic) bond motifs is 1. The molecule has 1 heterocycles. The van der Waals surface area contributed by atoms with Crippen LogP contribution in [0.25, 0.3) is 10.8 Å². The smallest absolute Gasteiger partial charge is 0.0642 e. The molecule has 1 aliphatic rings. The van der Waals surface area contributed by atoms with E-state index in [1.807, 2.05) is 0 Å². The average molecular weight is 227 g/mol. The number of benzene rings is 2. The lowest BCUT2D eigenvalue weighted by atomic mass is 10.1. The minimum atomic E-state index is 0.839. The summed E-state index contributed by atoms with van der Waals surface area (Å²) in [6.07, 6.45) is 0. The van der Waals surface area contributed by atoms with Crippen LogP contribution in [0.4, 0.5) is 5.69 Å². The van der Waals surface area contributed by atoms with Gasteiger partial charge in [0.05, 0.1) is 13.2 Å². The van der Waals surface area contributed by atoms with E-state index >= 15 is 0 Å². The van der Waals surface area contributed by atoms with Gasteiger partial charge in [-0.15, -0.1) is 0 Å². The molecule has 0 aliphatic carbocycles. The first-order chi connectivity index (χ1) is 8.33. The average Bonchev–Trinajstić information content (AvgIpc) is 2.39. The molecule has 1 saturated heterocycles. The molecule has 0 unspecified atom stereocenters. The van der Waals surface area contributed by atoms with E-state index in [0.717, 1.165) is 26.3 Å². The summed E-state index contributed by atoms with van der Waals surface area (Å²) in [5.41, 5.74) is 2.63. The summed E-state index contributed by atoms with van der Waals surface area (Å²) in [5, 5.41) is 2.64. The number of ether oxygens (including phenoxy) is 1. The second-order valence-electron chi connectivity index (χ2n) is 4.63. The van der Waals surface area contributed by atoms with Crippen LogP contribution in [0, 0.1) is 6.92 Å². The summed E-state index contributed by atoms with van der Waals surface area (Å²) < 4.78 is 5.39. The van der Waals surface area contributed by atoms with Crippen LogP contribution in [0.15, 0.2) is 36.4 Å². The number of hydrogen-bond acceptors (Lipinski definition) is 2. The van der Waals surface area contributed by atoms with E-state index in [-0.39, 0.29) is 0 Å². The molecule has 0 radical (unpaired) electrons. The molecule has 3 rings (SSSR count). The van der Waals surface area contributed by atoms with Crippen molar-refractivity contribution < 1.29 is 4.74 Å². The molecule has 0 N–H and O–H groups in total. The Morgan fingerprint density at radius 3 is 2.53 bits per heavy atom. The fourth-order valence-electron chi connectivity index (χ4n) is 2.37.